The lowest BCUT2D eigenvalue weighted by molar-refractivity contribution is 0.248. The third kappa shape index (κ3) is 4.10. The van der Waals surface area contributed by atoms with Gasteiger partial charge in [0.05, 0.1) is 0 Å². The van der Waals surface area contributed by atoms with E-state index in [1.54, 1.807) is 0 Å². The van der Waals surface area contributed by atoms with E-state index in [4.69, 9.17) is 5.11 Å². The Balaban J connectivity index is 2.06. The molecule has 1 aliphatic carbocycles. The maximum Gasteiger partial charge on any atom is 0.0434 e. The van der Waals surface area contributed by atoms with Crippen molar-refractivity contribution in [3.63, 3.8) is 0 Å². The van der Waals surface area contributed by atoms with E-state index < -0.39 is 0 Å². The summed E-state index contributed by atoms with van der Waals surface area (Å²) in [6, 6.07) is 0.688. The molecule has 1 rings (SSSR count). The van der Waals surface area contributed by atoms with Crippen LogP contribution in [0.1, 0.15) is 39.5 Å². The summed E-state index contributed by atoms with van der Waals surface area (Å²) < 4.78 is 0. The second kappa shape index (κ2) is 5.61. The largest absolute Gasteiger partial charge is 0.396 e. The van der Waals surface area contributed by atoms with Gasteiger partial charge in [-0.1, -0.05) is 13.3 Å². The third-order valence-electron chi connectivity index (χ3n) is 3.17. The molecule has 0 spiro atoms. The van der Waals surface area contributed by atoms with Crippen molar-refractivity contribution in [3.05, 3.63) is 0 Å². The topological polar surface area (TPSA) is 32.3 Å². The lowest BCUT2D eigenvalue weighted by atomic mass is 10.0. The van der Waals surface area contributed by atoms with Crippen molar-refractivity contribution in [3.8, 4) is 0 Å². The first-order valence-electron chi connectivity index (χ1n) is 5.62. The highest BCUT2D eigenvalue weighted by Gasteiger charge is 2.27. The number of hydrogen-bond donors (Lipinski definition) is 2. The van der Waals surface area contributed by atoms with Gasteiger partial charge in [0.15, 0.2) is 0 Å². The lowest BCUT2D eigenvalue weighted by Gasteiger charge is -2.18. The van der Waals surface area contributed by atoms with Crippen molar-refractivity contribution in [2.24, 2.45) is 11.8 Å². The number of nitrogens with one attached hydrogen (secondary N) is 1. The molecule has 0 aromatic rings. The highest BCUT2D eigenvalue weighted by Crippen LogP contribution is 2.32. The van der Waals surface area contributed by atoms with Crippen molar-refractivity contribution in [2.45, 2.75) is 45.6 Å². The summed E-state index contributed by atoms with van der Waals surface area (Å²) in [6.45, 7) is 5.89. The highest BCUT2D eigenvalue weighted by molar-refractivity contribution is 4.83. The second-order valence-electron chi connectivity index (χ2n) is 4.32. The fraction of sp³-hybridized carbons (Fsp3) is 1.00. The van der Waals surface area contributed by atoms with Crippen molar-refractivity contribution in [1.29, 1.82) is 0 Å². The Kier molecular flexibility index (Phi) is 4.74. The molecular formula is C11H23NO. The van der Waals surface area contributed by atoms with E-state index in [0.29, 0.717) is 18.6 Å². The number of rotatable bonds is 7. The Morgan fingerprint density at radius 3 is 2.62 bits per heavy atom. The molecule has 0 amide bonds. The van der Waals surface area contributed by atoms with Crippen LogP contribution in [-0.4, -0.2) is 24.3 Å². The smallest absolute Gasteiger partial charge is 0.0434 e. The lowest BCUT2D eigenvalue weighted by Crippen LogP contribution is -2.32. The van der Waals surface area contributed by atoms with E-state index in [2.05, 4.69) is 19.2 Å². The van der Waals surface area contributed by atoms with Gasteiger partial charge < -0.3 is 10.4 Å². The Bertz CT molecular complexity index is 134. The first-order valence-corrected chi connectivity index (χ1v) is 5.62. The predicted octanol–water partition coefficient (Wildman–Crippen LogP) is 1.78. The average Bonchev–Trinajstić information content (AvgIpc) is 2.94. The average molecular weight is 185 g/mol. The van der Waals surface area contributed by atoms with Gasteiger partial charge in [0.2, 0.25) is 0 Å². The molecular weight excluding hydrogens is 162 g/mol. The van der Waals surface area contributed by atoms with E-state index in [0.717, 1.165) is 18.9 Å². The van der Waals surface area contributed by atoms with Crippen molar-refractivity contribution in [2.75, 3.05) is 13.2 Å². The monoisotopic (exact) mass is 185 g/mol. The van der Waals surface area contributed by atoms with Gasteiger partial charge in [0, 0.05) is 12.6 Å². The van der Waals surface area contributed by atoms with Crippen molar-refractivity contribution >= 4 is 0 Å². The predicted molar refractivity (Wildman–Crippen MR) is 55.7 cm³/mol. The quantitative estimate of drug-likeness (QED) is 0.633. The van der Waals surface area contributed by atoms with Crippen LogP contribution in [0.25, 0.3) is 0 Å². The first kappa shape index (κ1) is 11.0. The van der Waals surface area contributed by atoms with Gasteiger partial charge >= 0.3 is 0 Å². The summed E-state index contributed by atoms with van der Waals surface area (Å²) in [5.41, 5.74) is 0. The molecule has 1 fully saturated rings. The summed E-state index contributed by atoms with van der Waals surface area (Å²) in [5.74, 6) is 1.60. The molecule has 0 heterocycles. The van der Waals surface area contributed by atoms with Crippen LogP contribution >= 0.6 is 0 Å². The molecule has 2 unspecified atom stereocenters. The first-order chi connectivity index (χ1) is 6.27. The van der Waals surface area contributed by atoms with Crippen LogP contribution in [0.3, 0.4) is 0 Å². The molecule has 0 radical (unpaired) electrons. The maximum absolute atomic E-state index is 8.83. The van der Waals surface area contributed by atoms with Crippen molar-refractivity contribution < 1.29 is 5.11 Å². The van der Waals surface area contributed by atoms with Crippen LogP contribution in [0.15, 0.2) is 0 Å². The summed E-state index contributed by atoms with van der Waals surface area (Å²) >= 11 is 0. The molecule has 0 saturated heterocycles. The minimum Gasteiger partial charge on any atom is -0.396 e. The van der Waals surface area contributed by atoms with E-state index in [9.17, 15) is 0 Å². The maximum atomic E-state index is 8.83. The molecule has 1 aliphatic rings. The Morgan fingerprint density at radius 2 is 2.15 bits per heavy atom. The summed E-state index contributed by atoms with van der Waals surface area (Å²) in [4.78, 5) is 0. The third-order valence-corrected chi connectivity index (χ3v) is 3.17. The zero-order chi connectivity index (χ0) is 9.68. The second-order valence-corrected chi connectivity index (χ2v) is 4.32. The number of hydrogen-bond acceptors (Lipinski definition) is 2. The number of aliphatic hydroxyl groups is 1. The zero-order valence-electron chi connectivity index (χ0n) is 8.92. The van der Waals surface area contributed by atoms with Gasteiger partial charge in [-0.15, -0.1) is 0 Å². The molecule has 13 heavy (non-hydrogen) atoms. The van der Waals surface area contributed by atoms with Crippen molar-refractivity contribution in [1.82, 2.24) is 5.32 Å². The fourth-order valence-electron chi connectivity index (χ4n) is 1.75. The highest BCUT2D eigenvalue weighted by atomic mass is 16.3. The van der Waals surface area contributed by atoms with Crippen LogP contribution in [0.5, 0.6) is 0 Å². The Morgan fingerprint density at radius 1 is 1.46 bits per heavy atom. The number of aliphatic hydroxyl groups excluding tert-OH is 1. The van der Waals surface area contributed by atoms with Crippen LogP contribution in [-0.2, 0) is 0 Å². The molecule has 0 aromatic heterocycles. The molecule has 2 atom stereocenters. The van der Waals surface area contributed by atoms with E-state index in [1.807, 2.05) is 0 Å². The summed E-state index contributed by atoms with van der Waals surface area (Å²) in [7, 11) is 0. The summed E-state index contributed by atoms with van der Waals surface area (Å²) in [5, 5.41) is 12.4. The minimum absolute atomic E-state index is 0.331. The molecule has 2 N–H and O–H groups in total. The van der Waals surface area contributed by atoms with Gasteiger partial charge in [-0.2, -0.15) is 0 Å². The molecule has 78 valence electrons. The van der Waals surface area contributed by atoms with E-state index >= 15 is 0 Å². The standard InChI is InChI=1S/C11H23NO/c1-3-10(6-7-13)8-12-9(2)11-4-5-11/h9-13H,3-8H2,1-2H3. The van der Waals surface area contributed by atoms with Crippen LogP contribution in [0.2, 0.25) is 0 Å². The SMILES string of the molecule is CCC(CCO)CNC(C)C1CC1. The molecule has 2 nitrogen and oxygen atoms in total. The molecule has 0 aromatic carbocycles. The van der Waals surface area contributed by atoms with Gasteiger partial charge in [0.25, 0.3) is 0 Å². The minimum atomic E-state index is 0.331. The van der Waals surface area contributed by atoms with Crippen LogP contribution in [0, 0.1) is 11.8 Å². The molecule has 2 heteroatoms. The van der Waals surface area contributed by atoms with Gasteiger partial charge in [-0.05, 0) is 44.6 Å². The normalized spacial score (nSPS) is 21.5. The zero-order valence-corrected chi connectivity index (χ0v) is 8.92. The molecule has 0 aliphatic heterocycles. The van der Waals surface area contributed by atoms with E-state index in [1.165, 1.54) is 19.3 Å². The Labute approximate surface area is 81.7 Å². The Hall–Kier alpha value is -0.0800. The summed E-state index contributed by atoms with van der Waals surface area (Å²) in [6.07, 6.45) is 4.93. The van der Waals surface area contributed by atoms with E-state index in [-0.39, 0.29) is 0 Å². The van der Waals surface area contributed by atoms with Crippen LogP contribution in [0.4, 0.5) is 0 Å². The molecule has 0 bridgehead atoms. The molecule has 1 saturated carbocycles. The van der Waals surface area contributed by atoms with Crippen LogP contribution < -0.4 is 5.32 Å². The van der Waals surface area contributed by atoms with Gasteiger partial charge in [0.1, 0.15) is 0 Å². The van der Waals surface area contributed by atoms with Gasteiger partial charge in [-0.25, -0.2) is 0 Å². The van der Waals surface area contributed by atoms with Gasteiger partial charge in [-0.3, -0.25) is 0 Å². The fourth-order valence-corrected chi connectivity index (χ4v) is 1.75.